The van der Waals surface area contributed by atoms with Gasteiger partial charge in [-0.25, -0.2) is 4.57 Å². The molecule has 0 saturated carbocycles. The topological polar surface area (TPSA) is 155 Å². The Morgan fingerprint density at radius 1 is 0.738 bits per heavy atom. The lowest BCUT2D eigenvalue weighted by atomic mass is 10.1. The maximum Gasteiger partial charge on any atom is 0.472 e. The molecule has 0 aromatic rings. The summed E-state index contributed by atoms with van der Waals surface area (Å²) in [5.74, 6) is -1.79. The highest BCUT2D eigenvalue weighted by atomic mass is 31.2. The predicted octanol–water partition coefficient (Wildman–Crippen LogP) is 7.47. The number of nitrogens with two attached hydrogens (primary N) is 1. The smallest absolute Gasteiger partial charge is 0.472 e. The lowest BCUT2D eigenvalue weighted by molar-refractivity contribution is -0.154. The van der Waals surface area contributed by atoms with Crippen LogP contribution in [0.5, 0.6) is 0 Å². The molecule has 0 bridgehead atoms. The lowest BCUT2D eigenvalue weighted by Crippen LogP contribution is -2.34. The van der Waals surface area contributed by atoms with Crippen LogP contribution < -0.4 is 5.73 Å². The van der Waals surface area contributed by atoms with Crippen molar-refractivity contribution in [1.82, 2.24) is 0 Å². The Labute approximate surface area is 254 Å². The van der Waals surface area contributed by atoms with Crippen LogP contribution >= 0.6 is 7.82 Å². The zero-order valence-electron chi connectivity index (χ0n) is 26.3. The maximum absolute atomic E-state index is 12.4. The van der Waals surface area contributed by atoms with Crippen LogP contribution in [0.4, 0.5) is 0 Å². The first-order valence-electron chi connectivity index (χ1n) is 16.2. The summed E-state index contributed by atoms with van der Waals surface area (Å²) in [5.41, 5.74) is 5.31. The average molecular weight is 622 g/mol. The van der Waals surface area contributed by atoms with Gasteiger partial charge in [0.15, 0.2) is 0 Å². The fraction of sp³-hybridized carbons (Fsp3) is 0.871. The number of allylic oxidation sites excluding steroid dienone is 2. The Hall–Kier alpha value is -1.29. The van der Waals surface area contributed by atoms with Crippen LogP contribution in [0, 0.1) is 0 Å². The largest absolute Gasteiger partial charge is 0.480 e. The fourth-order valence-electron chi connectivity index (χ4n) is 4.19. The summed E-state index contributed by atoms with van der Waals surface area (Å²) >= 11 is 0. The first kappa shape index (κ1) is 40.7. The summed E-state index contributed by atoms with van der Waals surface area (Å²) in [6, 6.07) is -1.47. The van der Waals surface area contributed by atoms with E-state index in [1.165, 1.54) is 51.4 Å². The molecule has 0 aromatic heterocycles. The van der Waals surface area contributed by atoms with Crippen LogP contribution in [0.1, 0.15) is 136 Å². The highest BCUT2D eigenvalue weighted by Crippen LogP contribution is 2.43. The minimum Gasteiger partial charge on any atom is -0.480 e. The van der Waals surface area contributed by atoms with Gasteiger partial charge in [-0.1, -0.05) is 109 Å². The number of aliphatic carboxylic acids is 1. The minimum atomic E-state index is -4.59. The number of rotatable bonds is 31. The van der Waals surface area contributed by atoms with E-state index < -0.39 is 45.1 Å². The predicted molar refractivity (Wildman–Crippen MR) is 166 cm³/mol. The van der Waals surface area contributed by atoms with Gasteiger partial charge in [0.25, 0.3) is 0 Å². The van der Waals surface area contributed by atoms with E-state index in [0.29, 0.717) is 13.0 Å². The van der Waals surface area contributed by atoms with Crippen molar-refractivity contribution in [3.63, 3.8) is 0 Å². The van der Waals surface area contributed by atoms with Crippen molar-refractivity contribution >= 4 is 19.8 Å². The molecule has 0 aliphatic heterocycles. The van der Waals surface area contributed by atoms with Gasteiger partial charge in [0.05, 0.1) is 19.8 Å². The molecule has 0 saturated heterocycles. The van der Waals surface area contributed by atoms with Crippen LogP contribution in [0.25, 0.3) is 0 Å². The number of carboxylic acid groups (broad SMARTS) is 1. The van der Waals surface area contributed by atoms with E-state index >= 15 is 0 Å². The van der Waals surface area contributed by atoms with E-state index in [1.807, 2.05) is 0 Å². The molecule has 248 valence electrons. The second-order valence-corrected chi connectivity index (χ2v) is 12.4. The van der Waals surface area contributed by atoms with E-state index in [-0.39, 0.29) is 13.0 Å². The van der Waals surface area contributed by atoms with Gasteiger partial charge in [0.2, 0.25) is 0 Å². The van der Waals surface area contributed by atoms with Crippen LogP contribution in [-0.2, 0) is 32.7 Å². The molecule has 0 amide bonds. The Kier molecular flexibility index (Phi) is 27.6. The standard InChI is InChI=1S/C31H60NO9P/c1-3-5-7-9-11-13-15-17-19-21-23-30(33)41-28(26-39-42(36,37)40-27-29(32)31(34)35)25-38-24-22-20-18-16-14-12-10-8-6-4-2/h7,9,28-29H,3-6,8,10-27,32H2,1-2H3,(H,34,35)(H,36,37)/b9-7-. The van der Waals surface area contributed by atoms with Crippen molar-refractivity contribution in [2.24, 2.45) is 5.73 Å². The summed E-state index contributed by atoms with van der Waals surface area (Å²) in [7, 11) is -4.59. The third kappa shape index (κ3) is 27.5. The van der Waals surface area contributed by atoms with Crippen molar-refractivity contribution in [2.45, 2.75) is 148 Å². The fourth-order valence-corrected chi connectivity index (χ4v) is 4.97. The highest BCUT2D eigenvalue weighted by Gasteiger charge is 2.27. The van der Waals surface area contributed by atoms with E-state index in [9.17, 15) is 19.0 Å². The number of carboxylic acids is 1. The van der Waals surface area contributed by atoms with Gasteiger partial charge in [-0.3, -0.25) is 18.6 Å². The van der Waals surface area contributed by atoms with Gasteiger partial charge in [-0.2, -0.15) is 0 Å². The number of carbonyl (C=O) groups is 2. The van der Waals surface area contributed by atoms with Gasteiger partial charge in [0.1, 0.15) is 12.1 Å². The number of hydrogen-bond donors (Lipinski definition) is 3. The first-order valence-corrected chi connectivity index (χ1v) is 17.7. The average Bonchev–Trinajstić information content (AvgIpc) is 2.96. The van der Waals surface area contributed by atoms with Crippen LogP contribution in [0.2, 0.25) is 0 Å². The summed E-state index contributed by atoms with van der Waals surface area (Å²) in [4.78, 5) is 33.1. The van der Waals surface area contributed by atoms with Gasteiger partial charge in [0, 0.05) is 13.0 Å². The molecule has 0 spiro atoms. The molecule has 0 aliphatic rings. The Morgan fingerprint density at radius 2 is 1.29 bits per heavy atom. The number of carbonyl (C=O) groups excluding carboxylic acids is 1. The molecule has 0 aromatic carbocycles. The van der Waals surface area contributed by atoms with Crippen LogP contribution in [0.15, 0.2) is 12.2 Å². The van der Waals surface area contributed by atoms with Crippen LogP contribution in [-0.4, -0.2) is 60.5 Å². The van der Waals surface area contributed by atoms with Gasteiger partial charge < -0.3 is 25.2 Å². The number of ether oxygens (including phenoxy) is 2. The summed E-state index contributed by atoms with van der Waals surface area (Å²) in [6.45, 7) is 3.77. The van der Waals surface area contributed by atoms with Crippen molar-refractivity contribution in [3.8, 4) is 0 Å². The van der Waals surface area contributed by atoms with Crippen molar-refractivity contribution in [1.29, 1.82) is 0 Å². The van der Waals surface area contributed by atoms with Crippen molar-refractivity contribution in [2.75, 3.05) is 26.4 Å². The zero-order valence-corrected chi connectivity index (χ0v) is 27.2. The molecule has 0 fully saturated rings. The monoisotopic (exact) mass is 621 g/mol. The second-order valence-electron chi connectivity index (χ2n) is 10.9. The lowest BCUT2D eigenvalue weighted by Gasteiger charge is -2.20. The van der Waals surface area contributed by atoms with E-state index in [4.69, 9.17) is 24.8 Å². The van der Waals surface area contributed by atoms with Gasteiger partial charge in [-0.05, 0) is 32.1 Å². The Morgan fingerprint density at radius 3 is 1.90 bits per heavy atom. The maximum atomic E-state index is 12.4. The van der Waals surface area contributed by atoms with Crippen LogP contribution in [0.3, 0.4) is 0 Å². The third-order valence-corrected chi connectivity index (χ3v) is 7.73. The van der Waals surface area contributed by atoms with E-state index in [2.05, 4.69) is 30.5 Å². The number of phosphoric ester groups is 1. The highest BCUT2D eigenvalue weighted by molar-refractivity contribution is 7.47. The van der Waals surface area contributed by atoms with Crippen molar-refractivity contribution < 1.29 is 42.7 Å². The Balaban J connectivity index is 4.39. The molecule has 0 radical (unpaired) electrons. The summed E-state index contributed by atoms with van der Waals surface area (Å²) in [5, 5.41) is 8.81. The summed E-state index contributed by atoms with van der Waals surface area (Å²) in [6.07, 6.45) is 24.2. The zero-order chi connectivity index (χ0) is 31.3. The van der Waals surface area contributed by atoms with E-state index in [0.717, 1.165) is 57.8 Å². The normalized spacial score (nSPS) is 14.6. The molecule has 42 heavy (non-hydrogen) atoms. The molecule has 0 aliphatic carbocycles. The molecular weight excluding hydrogens is 561 g/mol. The SMILES string of the molecule is CCC/C=C\CCCCCCCC(=O)OC(COCCCCCCCCCCCC)COP(=O)(O)OCC(N)C(=O)O. The molecule has 3 atom stereocenters. The third-order valence-electron chi connectivity index (χ3n) is 6.78. The molecule has 0 heterocycles. The second kappa shape index (κ2) is 28.5. The van der Waals surface area contributed by atoms with E-state index in [1.54, 1.807) is 0 Å². The Bertz CT molecular complexity index is 735. The first-order chi connectivity index (χ1) is 20.2. The molecule has 10 nitrogen and oxygen atoms in total. The number of hydrogen-bond acceptors (Lipinski definition) is 8. The number of unbranched alkanes of at least 4 members (excludes halogenated alkanes) is 15. The number of phosphoric acid groups is 1. The molecule has 3 unspecified atom stereocenters. The molecule has 0 rings (SSSR count). The minimum absolute atomic E-state index is 0.0172. The summed E-state index contributed by atoms with van der Waals surface area (Å²) < 4.78 is 33.0. The molecule has 4 N–H and O–H groups in total. The quantitative estimate of drug-likeness (QED) is 0.0307. The van der Waals surface area contributed by atoms with Gasteiger partial charge in [-0.15, -0.1) is 0 Å². The van der Waals surface area contributed by atoms with Gasteiger partial charge >= 0.3 is 19.8 Å². The molecular formula is C31H60NO9P. The molecule has 11 heteroatoms. The number of esters is 1. The van der Waals surface area contributed by atoms with Crippen molar-refractivity contribution in [3.05, 3.63) is 12.2 Å².